The van der Waals surface area contributed by atoms with Crippen LogP contribution in [0.2, 0.25) is 0 Å². The number of hydrogen-bond donors (Lipinski definition) is 3. The lowest BCUT2D eigenvalue weighted by Gasteiger charge is -2.26. The molecule has 278 valence electrons. The first kappa shape index (κ1) is 38.9. The number of carboxylic acid groups (broad SMARTS) is 1. The number of fused-ring (bicyclic) bond motifs is 16. The van der Waals surface area contributed by atoms with E-state index in [0.29, 0.717) is 23.3 Å². The molecule has 2 aliphatic rings. The van der Waals surface area contributed by atoms with E-state index in [1.807, 2.05) is 41.8 Å². The lowest BCUT2D eigenvalue weighted by atomic mass is 9.90. The number of carbonyl (C=O) groups excluding carboxylic acids is 4. The zero-order chi connectivity index (χ0) is 38.0. The van der Waals surface area contributed by atoms with E-state index in [1.54, 1.807) is 30.3 Å². The Morgan fingerprint density at radius 3 is 2.11 bits per heavy atom. The van der Waals surface area contributed by atoms with Crippen LogP contribution in [0.4, 0.5) is 13.2 Å². The fraction of sp³-hybridized carbons (Fsp3) is 0.325. The summed E-state index contributed by atoms with van der Waals surface area (Å²) in [5, 5.41) is 17.4. The second-order valence-corrected chi connectivity index (χ2v) is 14.1. The smallest absolute Gasteiger partial charge is 0.416 e. The Bertz CT molecular complexity index is 1860. The Morgan fingerprint density at radius 1 is 0.774 bits per heavy atom. The maximum absolute atomic E-state index is 14.1. The molecule has 0 fully saturated rings. The maximum atomic E-state index is 14.1. The SMILES string of the molecule is O=C1COc2ccc(cc2)C[C@@H](C(=O)O)CC(=O)[C@@H](CCc2ccccc2)NC(=O)[C@H](Cc2ccc(C(F)(F)F)cc2)NC(=O)[C@@H](Cc2cccs2)C1. The molecule has 0 unspecified atom stereocenters. The van der Waals surface area contributed by atoms with Crippen molar-refractivity contribution < 1.29 is 47.0 Å². The van der Waals surface area contributed by atoms with Crippen molar-refractivity contribution in [2.24, 2.45) is 11.8 Å². The summed E-state index contributed by atoms with van der Waals surface area (Å²) in [6.45, 7) is -0.349. The quantitative estimate of drug-likeness (QED) is 0.200. The van der Waals surface area contributed by atoms with Crippen molar-refractivity contribution in [2.45, 2.75) is 63.2 Å². The lowest BCUT2D eigenvalue weighted by molar-refractivity contribution is -0.144. The molecule has 0 radical (unpaired) electrons. The summed E-state index contributed by atoms with van der Waals surface area (Å²) in [5.41, 5.74) is 0.910. The molecule has 2 aliphatic heterocycles. The van der Waals surface area contributed by atoms with Gasteiger partial charge in [0.1, 0.15) is 18.4 Å². The number of aliphatic carboxylic acids is 1. The Balaban J connectivity index is 1.49. The van der Waals surface area contributed by atoms with Crippen LogP contribution in [0.3, 0.4) is 0 Å². The molecule has 1 aromatic heterocycles. The largest absolute Gasteiger partial charge is 0.486 e. The molecule has 0 aliphatic carbocycles. The van der Waals surface area contributed by atoms with E-state index in [-0.39, 0.29) is 44.5 Å². The number of nitrogens with one attached hydrogen (secondary N) is 2. The number of ketones is 2. The molecule has 0 saturated carbocycles. The van der Waals surface area contributed by atoms with E-state index in [0.717, 1.165) is 22.6 Å². The van der Waals surface area contributed by atoms with Crippen LogP contribution in [0, 0.1) is 11.8 Å². The predicted octanol–water partition coefficient (Wildman–Crippen LogP) is 6.03. The van der Waals surface area contributed by atoms with Gasteiger partial charge in [-0.15, -0.1) is 11.3 Å². The fourth-order valence-corrected chi connectivity index (χ4v) is 6.96. The van der Waals surface area contributed by atoms with Crippen molar-refractivity contribution in [1.82, 2.24) is 10.6 Å². The molecule has 13 heteroatoms. The first-order chi connectivity index (χ1) is 25.3. The van der Waals surface area contributed by atoms with Crippen molar-refractivity contribution in [3.05, 3.63) is 124 Å². The van der Waals surface area contributed by atoms with Gasteiger partial charge in [0, 0.05) is 30.1 Å². The van der Waals surface area contributed by atoms with Crippen molar-refractivity contribution in [2.75, 3.05) is 6.61 Å². The average Bonchev–Trinajstić information content (AvgIpc) is 3.65. The van der Waals surface area contributed by atoms with E-state index in [2.05, 4.69) is 10.6 Å². The fourth-order valence-electron chi connectivity index (χ4n) is 6.17. The molecule has 0 spiro atoms. The summed E-state index contributed by atoms with van der Waals surface area (Å²) >= 11 is 1.39. The molecule has 53 heavy (non-hydrogen) atoms. The van der Waals surface area contributed by atoms with E-state index in [4.69, 9.17) is 4.74 Å². The van der Waals surface area contributed by atoms with Crippen LogP contribution in [0.25, 0.3) is 0 Å². The highest BCUT2D eigenvalue weighted by Gasteiger charge is 2.34. The summed E-state index contributed by atoms with van der Waals surface area (Å²) in [4.78, 5) is 68.3. The first-order valence-electron chi connectivity index (χ1n) is 17.2. The molecular formula is C40H39F3N2O7S. The second kappa shape index (κ2) is 18.0. The van der Waals surface area contributed by atoms with Crippen molar-refractivity contribution in [3.63, 3.8) is 0 Å². The number of carbonyl (C=O) groups is 5. The van der Waals surface area contributed by atoms with Crippen molar-refractivity contribution >= 4 is 40.7 Å². The Hall–Kier alpha value is -5.30. The van der Waals surface area contributed by atoms with Gasteiger partial charge in [-0.3, -0.25) is 24.0 Å². The average molecular weight is 749 g/mol. The Kier molecular flexibility index (Phi) is 13.2. The van der Waals surface area contributed by atoms with E-state index < -0.39 is 65.6 Å². The van der Waals surface area contributed by atoms with Gasteiger partial charge in [-0.05, 0) is 78.1 Å². The van der Waals surface area contributed by atoms with Gasteiger partial charge < -0.3 is 20.5 Å². The minimum absolute atomic E-state index is 0.0106. The number of hydrogen-bond acceptors (Lipinski definition) is 7. The highest BCUT2D eigenvalue weighted by Crippen LogP contribution is 2.29. The third-order valence-electron chi connectivity index (χ3n) is 9.10. The van der Waals surface area contributed by atoms with Gasteiger partial charge in [-0.25, -0.2) is 0 Å². The van der Waals surface area contributed by atoms with Crippen LogP contribution < -0.4 is 15.4 Å². The van der Waals surface area contributed by atoms with Gasteiger partial charge >= 0.3 is 12.1 Å². The minimum Gasteiger partial charge on any atom is -0.486 e. The summed E-state index contributed by atoms with van der Waals surface area (Å²) in [6.07, 6.45) is -4.79. The number of benzene rings is 3. The summed E-state index contributed by atoms with van der Waals surface area (Å²) < 4.78 is 45.7. The number of Topliss-reactive ketones (excluding diaryl/α,β-unsaturated/α-hetero) is 2. The van der Waals surface area contributed by atoms with Gasteiger partial charge in [0.25, 0.3) is 0 Å². The van der Waals surface area contributed by atoms with Gasteiger partial charge in [-0.1, -0.05) is 60.7 Å². The minimum atomic E-state index is -4.59. The molecule has 3 N–H and O–H groups in total. The molecule has 4 atom stereocenters. The van der Waals surface area contributed by atoms with Crippen LogP contribution >= 0.6 is 11.3 Å². The summed E-state index contributed by atoms with van der Waals surface area (Å²) in [6, 6.07) is 21.0. The molecule has 3 heterocycles. The molecule has 9 nitrogen and oxygen atoms in total. The van der Waals surface area contributed by atoms with E-state index >= 15 is 0 Å². The highest BCUT2D eigenvalue weighted by atomic mass is 32.1. The Labute approximate surface area is 308 Å². The zero-order valence-electron chi connectivity index (χ0n) is 28.6. The van der Waals surface area contributed by atoms with Crippen LogP contribution in [-0.4, -0.2) is 53.1 Å². The van der Waals surface area contributed by atoms with Gasteiger partial charge in [0.2, 0.25) is 11.8 Å². The summed E-state index contributed by atoms with van der Waals surface area (Å²) in [5.74, 6) is -5.24. The predicted molar refractivity (Wildman–Crippen MR) is 191 cm³/mol. The van der Waals surface area contributed by atoms with Gasteiger partial charge in [0.05, 0.1) is 17.5 Å². The van der Waals surface area contributed by atoms with Gasteiger partial charge in [0.15, 0.2) is 11.6 Å². The number of ether oxygens (including phenoxy) is 1. The topological polar surface area (TPSA) is 139 Å². The third kappa shape index (κ3) is 11.6. The standard InChI is InChI=1S/C40H39F3N2O7S/c41-40(42,43)30-13-8-27(9-14-30)20-35-38(49)44-34(17-12-25-5-2-1-3-6-25)36(47)23-29(39(50)51)19-26-10-15-32(16-11-26)52-24-31(46)21-28(37(48)45-35)22-33-7-4-18-53-33/h1-11,13-16,18,28-29,34-35H,12,17,19-24H2,(H,44,49)(H,45,48)(H,50,51)/t28-,29-,34-,35+/m1/s1. The lowest BCUT2D eigenvalue weighted by Crippen LogP contribution is -2.54. The van der Waals surface area contributed by atoms with Crippen LogP contribution in [-0.2, 0) is 55.8 Å². The molecule has 3 aromatic carbocycles. The molecular weight excluding hydrogens is 710 g/mol. The number of rotatable bonds is 8. The van der Waals surface area contributed by atoms with Crippen LogP contribution in [0.1, 0.15) is 46.4 Å². The van der Waals surface area contributed by atoms with Crippen molar-refractivity contribution in [1.29, 1.82) is 0 Å². The number of amides is 2. The van der Waals surface area contributed by atoms with Crippen LogP contribution in [0.5, 0.6) is 5.75 Å². The van der Waals surface area contributed by atoms with Gasteiger partial charge in [-0.2, -0.15) is 13.2 Å². The highest BCUT2D eigenvalue weighted by molar-refractivity contribution is 7.09. The van der Waals surface area contributed by atoms with E-state index in [1.165, 1.54) is 23.5 Å². The molecule has 2 amide bonds. The summed E-state index contributed by atoms with van der Waals surface area (Å²) in [7, 11) is 0. The number of carboxylic acids is 1. The maximum Gasteiger partial charge on any atom is 0.416 e. The number of aryl methyl sites for hydroxylation is 1. The number of alkyl halides is 3. The zero-order valence-corrected chi connectivity index (χ0v) is 29.5. The number of thiophene rings is 1. The number of halogens is 3. The van der Waals surface area contributed by atoms with Crippen molar-refractivity contribution in [3.8, 4) is 5.75 Å². The normalized spacial score (nSPS) is 20.7. The molecule has 2 bridgehead atoms. The first-order valence-corrected chi connectivity index (χ1v) is 18.0. The van der Waals surface area contributed by atoms with E-state index in [9.17, 15) is 42.3 Å². The Morgan fingerprint density at radius 2 is 1.47 bits per heavy atom. The monoisotopic (exact) mass is 748 g/mol. The second-order valence-electron chi connectivity index (χ2n) is 13.1. The molecule has 4 aromatic rings. The molecule has 6 rings (SSSR count). The third-order valence-corrected chi connectivity index (χ3v) is 10.00. The van der Waals surface area contributed by atoms with Crippen LogP contribution in [0.15, 0.2) is 96.4 Å². The molecule has 0 saturated heterocycles.